The van der Waals surface area contributed by atoms with Gasteiger partial charge in [0, 0.05) is 23.8 Å². The largest absolute Gasteiger partial charge is 0.313 e. The van der Waals surface area contributed by atoms with Gasteiger partial charge < -0.3 is 5.32 Å². The second-order valence-electron chi connectivity index (χ2n) is 6.55. The molecule has 4 atom stereocenters. The van der Waals surface area contributed by atoms with Crippen molar-refractivity contribution in [3.63, 3.8) is 0 Å². The molecular formula is C18H22N2. The Morgan fingerprint density at radius 2 is 2.05 bits per heavy atom. The Hall–Kier alpha value is -1.41. The zero-order valence-corrected chi connectivity index (χ0v) is 12.0. The summed E-state index contributed by atoms with van der Waals surface area (Å²) in [5.74, 6) is 2.71. The van der Waals surface area contributed by atoms with Gasteiger partial charge >= 0.3 is 0 Å². The summed E-state index contributed by atoms with van der Waals surface area (Å²) >= 11 is 0. The molecule has 1 aromatic carbocycles. The van der Waals surface area contributed by atoms with Crippen molar-refractivity contribution >= 4 is 10.8 Å². The van der Waals surface area contributed by atoms with Crippen LogP contribution >= 0.6 is 0 Å². The van der Waals surface area contributed by atoms with Gasteiger partial charge in [-0.15, -0.1) is 0 Å². The Morgan fingerprint density at radius 1 is 1.15 bits per heavy atom. The minimum Gasteiger partial charge on any atom is -0.313 e. The van der Waals surface area contributed by atoms with E-state index in [2.05, 4.69) is 47.8 Å². The maximum atomic E-state index is 4.48. The number of pyridine rings is 1. The average molecular weight is 266 g/mol. The molecule has 2 aliphatic carbocycles. The van der Waals surface area contributed by atoms with Gasteiger partial charge in [-0.25, -0.2) is 0 Å². The van der Waals surface area contributed by atoms with Crippen LogP contribution < -0.4 is 5.32 Å². The molecule has 1 aromatic heterocycles. The van der Waals surface area contributed by atoms with Gasteiger partial charge in [-0.2, -0.15) is 0 Å². The van der Waals surface area contributed by atoms with Crippen LogP contribution in [-0.4, -0.2) is 12.0 Å². The molecule has 2 nitrogen and oxygen atoms in total. The van der Waals surface area contributed by atoms with Crippen molar-refractivity contribution in [1.29, 1.82) is 0 Å². The van der Waals surface area contributed by atoms with Crippen molar-refractivity contribution in [2.45, 2.75) is 31.7 Å². The lowest BCUT2D eigenvalue weighted by Gasteiger charge is -2.31. The van der Waals surface area contributed by atoms with Crippen LogP contribution in [0.15, 0.2) is 36.7 Å². The SMILES string of the molecule is CNC(c1cncc2ccccc12)C1CC2CCC1C2. The molecule has 2 bridgehead atoms. The summed E-state index contributed by atoms with van der Waals surface area (Å²) in [5.41, 5.74) is 1.39. The van der Waals surface area contributed by atoms with Gasteiger partial charge in [-0.3, -0.25) is 4.98 Å². The van der Waals surface area contributed by atoms with Crippen LogP contribution in [0.2, 0.25) is 0 Å². The maximum absolute atomic E-state index is 4.48. The molecule has 1 heterocycles. The average Bonchev–Trinajstić information content (AvgIpc) is 3.11. The maximum Gasteiger partial charge on any atom is 0.0370 e. The molecule has 2 aliphatic rings. The Balaban J connectivity index is 1.76. The van der Waals surface area contributed by atoms with E-state index in [9.17, 15) is 0 Å². The molecule has 20 heavy (non-hydrogen) atoms. The predicted octanol–water partition coefficient (Wildman–Crippen LogP) is 3.93. The normalized spacial score (nSPS) is 29.9. The highest BCUT2D eigenvalue weighted by atomic mass is 14.9. The van der Waals surface area contributed by atoms with E-state index in [4.69, 9.17) is 0 Å². The summed E-state index contributed by atoms with van der Waals surface area (Å²) in [5, 5.41) is 6.22. The van der Waals surface area contributed by atoms with Crippen molar-refractivity contribution in [2.24, 2.45) is 17.8 Å². The van der Waals surface area contributed by atoms with Crippen LogP contribution in [-0.2, 0) is 0 Å². The quantitative estimate of drug-likeness (QED) is 0.910. The molecule has 0 aliphatic heterocycles. The molecule has 0 amide bonds. The Bertz CT molecular complexity index is 616. The van der Waals surface area contributed by atoms with Crippen LogP contribution in [0.1, 0.15) is 37.3 Å². The molecular weight excluding hydrogens is 244 g/mol. The van der Waals surface area contributed by atoms with Crippen molar-refractivity contribution in [3.8, 4) is 0 Å². The minimum absolute atomic E-state index is 0.462. The van der Waals surface area contributed by atoms with Gasteiger partial charge in [-0.05, 0) is 55.0 Å². The first-order valence-corrected chi connectivity index (χ1v) is 7.86. The third-order valence-electron chi connectivity index (χ3n) is 5.57. The van der Waals surface area contributed by atoms with E-state index in [-0.39, 0.29) is 0 Å². The minimum atomic E-state index is 0.462. The van der Waals surface area contributed by atoms with E-state index in [1.807, 2.05) is 6.20 Å². The zero-order valence-electron chi connectivity index (χ0n) is 12.0. The van der Waals surface area contributed by atoms with Crippen molar-refractivity contribution < 1.29 is 0 Å². The van der Waals surface area contributed by atoms with Gasteiger partial charge in [0.15, 0.2) is 0 Å². The smallest absolute Gasteiger partial charge is 0.0370 e. The van der Waals surface area contributed by atoms with Crippen LogP contribution in [0.25, 0.3) is 10.8 Å². The first-order valence-electron chi connectivity index (χ1n) is 7.86. The van der Waals surface area contributed by atoms with Crippen LogP contribution in [0.3, 0.4) is 0 Å². The number of hydrogen-bond donors (Lipinski definition) is 1. The molecule has 2 fully saturated rings. The van der Waals surface area contributed by atoms with Gasteiger partial charge in [-0.1, -0.05) is 30.7 Å². The van der Waals surface area contributed by atoms with E-state index < -0.39 is 0 Å². The first kappa shape index (κ1) is 12.3. The number of rotatable bonds is 3. The number of benzene rings is 1. The van der Waals surface area contributed by atoms with Crippen LogP contribution in [0, 0.1) is 17.8 Å². The fraction of sp³-hybridized carbons (Fsp3) is 0.500. The van der Waals surface area contributed by atoms with Gasteiger partial charge in [0.25, 0.3) is 0 Å². The van der Waals surface area contributed by atoms with E-state index in [0.29, 0.717) is 6.04 Å². The lowest BCUT2D eigenvalue weighted by atomic mass is 9.80. The predicted molar refractivity (Wildman–Crippen MR) is 82.5 cm³/mol. The summed E-state index contributed by atoms with van der Waals surface area (Å²) in [6, 6.07) is 9.10. The highest BCUT2D eigenvalue weighted by Gasteiger charge is 2.43. The second-order valence-corrected chi connectivity index (χ2v) is 6.55. The van der Waals surface area contributed by atoms with Crippen LogP contribution in [0.5, 0.6) is 0 Å². The molecule has 0 saturated heterocycles. The molecule has 0 spiro atoms. The number of fused-ring (bicyclic) bond motifs is 3. The third kappa shape index (κ3) is 1.86. The first-order chi connectivity index (χ1) is 9.86. The van der Waals surface area contributed by atoms with E-state index in [1.54, 1.807) is 0 Å². The number of nitrogens with one attached hydrogen (secondary N) is 1. The summed E-state index contributed by atoms with van der Waals surface area (Å²) in [6.07, 6.45) is 9.82. The van der Waals surface area contributed by atoms with Crippen LogP contribution in [0.4, 0.5) is 0 Å². The zero-order chi connectivity index (χ0) is 13.5. The highest BCUT2D eigenvalue weighted by molar-refractivity contribution is 5.85. The van der Waals surface area contributed by atoms with E-state index in [0.717, 1.165) is 17.8 Å². The van der Waals surface area contributed by atoms with Crippen molar-refractivity contribution in [3.05, 3.63) is 42.2 Å². The number of hydrogen-bond acceptors (Lipinski definition) is 2. The molecule has 2 aromatic rings. The Labute approximate surface area is 120 Å². The van der Waals surface area contributed by atoms with Crippen molar-refractivity contribution in [2.75, 3.05) is 7.05 Å². The fourth-order valence-corrected chi connectivity index (χ4v) is 4.69. The molecule has 2 heteroatoms. The Morgan fingerprint density at radius 3 is 2.80 bits per heavy atom. The molecule has 4 rings (SSSR count). The number of nitrogens with zero attached hydrogens (tertiary/aromatic N) is 1. The van der Waals surface area contributed by atoms with Gasteiger partial charge in [0.05, 0.1) is 0 Å². The monoisotopic (exact) mass is 266 g/mol. The third-order valence-corrected chi connectivity index (χ3v) is 5.57. The highest BCUT2D eigenvalue weighted by Crippen LogP contribution is 2.52. The summed E-state index contributed by atoms with van der Waals surface area (Å²) in [6.45, 7) is 0. The number of aromatic nitrogens is 1. The molecule has 4 unspecified atom stereocenters. The van der Waals surface area contributed by atoms with Crippen molar-refractivity contribution in [1.82, 2.24) is 10.3 Å². The lowest BCUT2D eigenvalue weighted by Crippen LogP contribution is -2.29. The summed E-state index contributed by atoms with van der Waals surface area (Å²) in [7, 11) is 2.11. The molecule has 104 valence electrons. The lowest BCUT2D eigenvalue weighted by molar-refractivity contribution is 0.260. The standard InChI is InChI=1S/C18H22N2/c1-19-18(16-9-12-6-7-13(16)8-12)17-11-20-10-14-4-2-3-5-15(14)17/h2-5,10-13,16,18-19H,6-9H2,1H3. The topological polar surface area (TPSA) is 24.9 Å². The van der Waals surface area contributed by atoms with Gasteiger partial charge in [0.1, 0.15) is 0 Å². The fourth-order valence-electron chi connectivity index (χ4n) is 4.69. The molecule has 1 N–H and O–H groups in total. The second kappa shape index (κ2) is 4.85. The summed E-state index contributed by atoms with van der Waals surface area (Å²) < 4.78 is 0. The molecule has 2 saturated carbocycles. The van der Waals surface area contributed by atoms with E-state index in [1.165, 1.54) is 42.0 Å². The summed E-state index contributed by atoms with van der Waals surface area (Å²) in [4.78, 5) is 4.48. The Kier molecular flexibility index (Phi) is 2.99. The van der Waals surface area contributed by atoms with E-state index >= 15 is 0 Å². The molecule has 0 radical (unpaired) electrons. The van der Waals surface area contributed by atoms with Gasteiger partial charge in [0.2, 0.25) is 0 Å².